The maximum absolute atomic E-state index is 14.4. The van der Waals surface area contributed by atoms with Gasteiger partial charge in [-0.2, -0.15) is 0 Å². The Balaban J connectivity index is 2.13. The molecular weight excluding hydrogens is 513 g/mol. The molecule has 0 bridgehead atoms. The minimum absolute atomic E-state index is 0.110. The van der Waals surface area contributed by atoms with Gasteiger partial charge in [-0.15, -0.1) is 0 Å². The first kappa shape index (κ1) is 32.0. The number of ether oxygens (including phenoxy) is 1. The summed E-state index contributed by atoms with van der Waals surface area (Å²) >= 11 is 0. The van der Waals surface area contributed by atoms with Crippen LogP contribution in [0, 0.1) is 5.92 Å². The Morgan fingerprint density at radius 1 is 1.15 bits per heavy atom. The molecule has 6 atom stereocenters. The molecule has 0 saturated carbocycles. The molecule has 2 heterocycles. The summed E-state index contributed by atoms with van der Waals surface area (Å²) in [4.78, 5) is 67.8. The second kappa shape index (κ2) is 14.2. The van der Waals surface area contributed by atoms with Crippen LogP contribution < -0.4 is 16.0 Å². The first-order chi connectivity index (χ1) is 18.3. The first-order valence-corrected chi connectivity index (χ1v) is 13.4. The second-order valence-electron chi connectivity index (χ2n) is 10.8. The van der Waals surface area contributed by atoms with Gasteiger partial charge in [-0.05, 0) is 38.1 Å². The lowest BCUT2D eigenvalue weighted by molar-refractivity contribution is -0.142. The Kier molecular flexibility index (Phi) is 11.7. The number of unbranched alkanes of at least 4 members (excludes halogenated alkanes) is 1. The molecule has 2 saturated heterocycles. The highest BCUT2D eigenvalue weighted by Gasteiger charge is 2.50. The van der Waals surface area contributed by atoms with E-state index in [4.69, 9.17) is 10.3 Å². The van der Waals surface area contributed by atoms with Gasteiger partial charge < -0.3 is 25.6 Å². The molecule has 2 aliphatic rings. The maximum atomic E-state index is 14.4. The molecule has 218 valence electrons. The second-order valence-corrected chi connectivity index (χ2v) is 10.8. The number of azide groups is 1. The zero-order chi connectivity index (χ0) is 29.3. The van der Waals surface area contributed by atoms with E-state index in [0.717, 1.165) is 11.3 Å². The van der Waals surface area contributed by atoms with Crippen LogP contribution in [-0.4, -0.2) is 89.9 Å². The Morgan fingerprint density at radius 3 is 2.38 bits per heavy atom. The predicted octanol–water partition coefficient (Wildman–Crippen LogP) is 1.30. The molecule has 0 spiro atoms. The van der Waals surface area contributed by atoms with Crippen molar-refractivity contribution < 1.29 is 33.1 Å². The number of hydrogen-bond acceptors (Lipinski definition) is 7. The van der Waals surface area contributed by atoms with Crippen molar-refractivity contribution in [1.29, 1.82) is 0 Å². The van der Waals surface area contributed by atoms with E-state index in [-0.39, 0.29) is 37.7 Å². The van der Waals surface area contributed by atoms with Gasteiger partial charge in [-0.3, -0.25) is 24.0 Å². The number of alkyl halides is 1. The van der Waals surface area contributed by atoms with E-state index < -0.39 is 66.1 Å². The first-order valence-electron chi connectivity index (χ1n) is 13.4. The molecule has 0 radical (unpaired) electrons. The van der Waals surface area contributed by atoms with Crippen LogP contribution in [0.2, 0.25) is 0 Å². The number of ketones is 1. The topological polar surface area (TPSA) is 186 Å². The van der Waals surface area contributed by atoms with E-state index >= 15 is 0 Å². The van der Waals surface area contributed by atoms with Gasteiger partial charge in [-0.1, -0.05) is 38.7 Å². The number of Topliss-reactive ketones (excluding diaryl/α,β-unsaturated/α-hetero) is 1. The third-order valence-corrected chi connectivity index (χ3v) is 6.78. The molecule has 0 aromatic heterocycles. The van der Waals surface area contributed by atoms with Crippen LogP contribution in [0.1, 0.15) is 66.7 Å². The lowest BCUT2D eigenvalue weighted by Crippen LogP contribution is -2.57. The zero-order valence-corrected chi connectivity index (χ0v) is 23.2. The summed E-state index contributed by atoms with van der Waals surface area (Å²) in [7, 11) is 0. The lowest BCUT2D eigenvalue weighted by atomic mass is 9.93. The van der Waals surface area contributed by atoms with Gasteiger partial charge in [0, 0.05) is 11.3 Å². The number of amides is 4. The average molecular weight is 554 g/mol. The fourth-order valence-corrected chi connectivity index (χ4v) is 4.51. The average Bonchev–Trinajstić information content (AvgIpc) is 3.51. The molecule has 13 nitrogen and oxygen atoms in total. The van der Waals surface area contributed by atoms with Crippen molar-refractivity contribution in [2.45, 2.75) is 103 Å². The highest BCUT2D eigenvalue weighted by atomic mass is 19.1. The predicted molar refractivity (Wildman–Crippen MR) is 139 cm³/mol. The summed E-state index contributed by atoms with van der Waals surface area (Å²) in [6, 6.07) is -4.07. The molecule has 4 amide bonds. The quantitative estimate of drug-likeness (QED) is 0.119. The number of epoxide rings is 1. The maximum Gasteiger partial charge on any atom is 0.245 e. The van der Waals surface area contributed by atoms with E-state index in [1.807, 2.05) is 20.8 Å². The summed E-state index contributed by atoms with van der Waals surface area (Å²) in [6.45, 7) is 8.26. The molecule has 2 aliphatic heterocycles. The fraction of sp³-hybridized carbons (Fsp3) is 0.800. The van der Waals surface area contributed by atoms with E-state index in [9.17, 15) is 28.4 Å². The van der Waals surface area contributed by atoms with Crippen LogP contribution >= 0.6 is 0 Å². The molecule has 2 fully saturated rings. The largest absolute Gasteiger partial charge is 0.361 e. The van der Waals surface area contributed by atoms with Crippen LogP contribution in [0.25, 0.3) is 10.4 Å². The Morgan fingerprint density at radius 2 is 1.82 bits per heavy atom. The SMILES string of the molecule is CCCC[C@H](NC(=O)[C@@H]1C[C@@H](F)CN1C(=O)[C@H](C)NC(=O)CN=[N+]=[N-])C(=O)N[C@@H](CC(C)C)C(=O)[C@@]1(C)CO1. The van der Waals surface area contributed by atoms with Gasteiger partial charge in [0.1, 0.15) is 36.4 Å². The summed E-state index contributed by atoms with van der Waals surface area (Å²) in [5.41, 5.74) is 7.41. The van der Waals surface area contributed by atoms with Crippen molar-refractivity contribution in [1.82, 2.24) is 20.9 Å². The number of hydrogen-bond donors (Lipinski definition) is 3. The molecule has 14 heteroatoms. The number of likely N-dealkylation sites (tertiary alicyclic amines) is 1. The van der Waals surface area contributed by atoms with E-state index in [1.165, 1.54) is 6.92 Å². The van der Waals surface area contributed by atoms with Crippen LogP contribution in [0.5, 0.6) is 0 Å². The van der Waals surface area contributed by atoms with Gasteiger partial charge in [0.15, 0.2) is 5.78 Å². The van der Waals surface area contributed by atoms with Crippen molar-refractivity contribution in [3.05, 3.63) is 10.4 Å². The highest BCUT2D eigenvalue weighted by molar-refractivity contribution is 5.98. The van der Waals surface area contributed by atoms with Crippen LogP contribution in [0.4, 0.5) is 4.39 Å². The standard InChI is InChI=1S/C25H40FN7O6/c1-6-7-8-17(22(36)31-18(9-14(2)3)21(35)25(5)13-39-25)30-23(37)19-10-16(26)12-33(19)24(38)15(4)29-20(34)11-28-32-27/h14-19H,6-13H2,1-5H3,(H,29,34)(H,30,37)(H,31,36)/t15-,16+,17-,18-,19-,25+/m0/s1. The van der Waals surface area contributed by atoms with Crippen LogP contribution in [-0.2, 0) is 28.7 Å². The van der Waals surface area contributed by atoms with Gasteiger partial charge >= 0.3 is 0 Å². The van der Waals surface area contributed by atoms with Crippen molar-refractivity contribution in [2.24, 2.45) is 11.0 Å². The highest BCUT2D eigenvalue weighted by Crippen LogP contribution is 2.30. The summed E-state index contributed by atoms with van der Waals surface area (Å²) in [6.07, 6.45) is 0.309. The van der Waals surface area contributed by atoms with Crippen molar-refractivity contribution in [3.8, 4) is 0 Å². The number of carbonyl (C=O) groups excluding carboxylic acids is 5. The Bertz CT molecular complexity index is 982. The van der Waals surface area contributed by atoms with Crippen LogP contribution in [0.3, 0.4) is 0 Å². The van der Waals surface area contributed by atoms with Crippen LogP contribution in [0.15, 0.2) is 5.11 Å². The fourth-order valence-electron chi connectivity index (χ4n) is 4.51. The zero-order valence-electron chi connectivity index (χ0n) is 23.2. The van der Waals surface area contributed by atoms with Gasteiger partial charge in [0.25, 0.3) is 0 Å². The summed E-state index contributed by atoms with van der Waals surface area (Å²) in [5, 5.41) is 10.9. The number of carbonyl (C=O) groups is 5. The minimum Gasteiger partial charge on any atom is -0.361 e. The van der Waals surface area contributed by atoms with E-state index in [1.54, 1.807) is 6.92 Å². The molecule has 0 aromatic rings. The van der Waals surface area contributed by atoms with Gasteiger partial charge in [0.2, 0.25) is 23.6 Å². The number of nitrogens with one attached hydrogen (secondary N) is 3. The Labute approximate surface area is 227 Å². The van der Waals surface area contributed by atoms with Crippen molar-refractivity contribution in [3.63, 3.8) is 0 Å². The van der Waals surface area contributed by atoms with E-state index in [2.05, 4.69) is 26.0 Å². The molecule has 0 unspecified atom stereocenters. The Hall–Kier alpha value is -3.25. The summed E-state index contributed by atoms with van der Waals surface area (Å²) in [5.74, 6) is -2.73. The molecule has 2 rings (SSSR count). The number of nitrogens with zero attached hydrogens (tertiary/aromatic N) is 4. The summed E-state index contributed by atoms with van der Waals surface area (Å²) < 4.78 is 19.7. The van der Waals surface area contributed by atoms with Crippen molar-refractivity contribution in [2.75, 3.05) is 19.7 Å². The van der Waals surface area contributed by atoms with Gasteiger partial charge in [-0.25, -0.2) is 4.39 Å². The lowest BCUT2D eigenvalue weighted by Gasteiger charge is -2.29. The molecule has 39 heavy (non-hydrogen) atoms. The number of halogens is 1. The monoisotopic (exact) mass is 553 g/mol. The minimum atomic E-state index is -1.47. The van der Waals surface area contributed by atoms with Gasteiger partial charge in [0.05, 0.1) is 19.2 Å². The smallest absolute Gasteiger partial charge is 0.245 e. The normalized spacial score (nSPS) is 24.2. The third kappa shape index (κ3) is 9.17. The molecular formula is C25H40FN7O6. The number of rotatable bonds is 15. The molecule has 0 aliphatic carbocycles. The molecule has 3 N–H and O–H groups in total. The third-order valence-electron chi connectivity index (χ3n) is 6.78. The van der Waals surface area contributed by atoms with Crippen molar-refractivity contribution >= 4 is 29.4 Å². The molecule has 0 aromatic carbocycles. The van der Waals surface area contributed by atoms with E-state index in [0.29, 0.717) is 12.8 Å².